The minimum absolute atomic E-state index is 0.338. The molecule has 0 aromatic heterocycles. The fourth-order valence-corrected chi connectivity index (χ4v) is 2.56. The smallest absolute Gasteiger partial charge is 0.465 e. The van der Waals surface area contributed by atoms with Crippen LogP contribution >= 0.6 is 11.8 Å². The van der Waals surface area contributed by atoms with Crippen LogP contribution in [0.3, 0.4) is 0 Å². The van der Waals surface area contributed by atoms with Gasteiger partial charge in [0.1, 0.15) is 5.25 Å². The Labute approximate surface area is 96.1 Å². The second kappa shape index (κ2) is 4.10. The lowest BCUT2D eigenvalue weighted by atomic mass is 10.1. The molecule has 1 saturated heterocycles. The molecule has 0 spiro atoms. The van der Waals surface area contributed by atoms with Crippen LogP contribution in [-0.4, -0.2) is 36.7 Å². The molecule has 5 nitrogen and oxygen atoms in total. The summed E-state index contributed by atoms with van der Waals surface area (Å²) in [6.45, 7) is 0. The summed E-state index contributed by atoms with van der Waals surface area (Å²) < 4.78 is 14.4. The fraction of sp³-hybridized carbons (Fsp3) is 0.400. The number of ether oxygens (including phenoxy) is 3. The molecule has 0 bridgehead atoms. The van der Waals surface area contributed by atoms with Crippen molar-refractivity contribution in [3.63, 3.8) is 0 Å². The minimum Gasteiger partial charge on any atom is -0.465 e. The molecule has 2 heterocycles. The monoisotopic (exact) mass is 240 g/mol. The number of rotatable bonds is 1. The summed E-state index contributed by atoms with van der Waals surface area (Å²) in [6.07, 6.45) is 4.91. The van der Waals surface area contributed by atoms with Crippen molar-refractivity contribution in [3.05, 3.63) is 11.0 Å². The molecule has 0 saturated carbocycles. The highest BCUT2D eigenvalue weighted by molar-refractivity contribution is 8.04. The largest absolute Gasteiger partial charge is 0.509 e. The van der Waals surface area contributed by atoms with Gasteiger partial charge in [-0.3, -0.25) is 0 Å². The van der Waals surface area contributed by atoms with Crippen molar-refractivity contribution < 1.29 is 23.8 Å². The lowest BCUT2D eigenvalue weighted by Gasteiger charge is -2.24. The molecular weight excluding hydrogens is 232 g/mol. The number of terminal acetylenes is 1. The van der Waals surface area contributed by atoms with Gasteiger partial charge in [0, 0.05) is 0 Å². The summed E-state index contributed by atoms with van der Waals surface area (Å²) in [4.78, 5) is 22.6. The highest BCUT2D eigenvalue weighted by atomic mass is 32.2. The molecule has 2 aliphatic heterocycles. The first-order valence-corrected chi connectivity index (χ1v) is 5.34. The molecule has 3 atom stereocenters. The summed E-state index contributed by atoms with van der Waals surface area (Å²) in [5.74, 6) is 1.97. The number of carbonyl (C=O) groups excluding carboxylic acids is 2. The fourth-order valence-electron chi connectivity index (χ4n) is 1.48. The molecule has 2 rings (SSSR count). The third-order valence-electron chi connectivity index (χ3n) is 2.21. The molecule has 0 aromatic rings. The maximum Gasteiger partial charge on any atom is 0.509 e. The zero-order valence-electron chi connectivity index (χ0n) is 8.34. The molecule has 0 amide bonds. The van der Waals surface area contributed by atoms with Gasteiger partial charge in [-0.25, -0.2) is 9.59 Å². The number of fused-ring (bicyclic) bond motifs is 1. The normalized spacial score (nSPS) is 31.6. The van der Waals surface area contributed by atoms with Crippen LogP contribution in [-0.2, 0) is 19.0 Å². The van der Waals surface area contributed by atoms with E-state index < -0.39 is 29.6 Å². The quantitative estimate of drug-likeness (QED) is 0.496. The summed E-state index contributed by atoms with van der Waals surface area (Å²) >= 11 is 1.14. The Morgan fingerprint density at radius 3 is 3.00 bits per heavy atom. The van der Waals surface area contributed by atoms with Crippen molar-refractivity contribution in [3.8, 4) is 12.3 Å². The first-order valence-electron chi connectivity index (χ1n) is 4.46. The van der Waals surface area contributed by atoms with Gasteiger partial charge < -0.3 is 14.2 Å². The van der Waals surface area contributed by atoms with Gasteiger partial charge in [-0.05, 0) is 6.08 Å². The lowest BCUT2D eigenvalue weighted by molar-refractivity contribution is -0.135. The van der Waals surface area contributed by atoms with E-state index in [-0.39, 0.29) is 0 Å². The second-order valence-electron chi connectivity index (χ2n) is 3.14. The standard InChI is InChI=1S/C10H8O5S/c1-3-6-8-5(14-10(12)15-8)4-7(16-6)9(11)13-2/h1,4-6,8H,2H3/t5-,6+,8-/m0/s1. The Balaban J connectivity index is 2.27. The SMILES string of the molecule is C#C[C@H]1SC(C(=O)OC)=C[C@@H]2OC(=O)O[C@@H]21. The topological polar surface area (TPSA) is 61.8 Å². The van der Waals surface area contributed by atoms with E-state index in [4.69, 9.17) is 15.9 Å². The van der Waals surface area contributed by atoms with E-state index >= 15 is 0 Å². The van der Waals surface area contributed by atoms with E-state index in [0.29, 0.717) is 4.91 Å². The second-order valence-corrected chi connectivity index (χ2v) is 4.33. The number of carbonyl (C=O) groups is 2. The Morgan fingerprint density at radius 1 is 1.62 bits per heavy atom. The summed E-state index contributed by atoms with van der Waals surface area (Å²) in [7, 11) is 1.28. The summed E-state index contributed by atoms with van der Waals surface area (Å²) in [5.41, 5.74) is 0. The van der Waals surface area contributed by atoms with Crippen LogP contribution in [0.2, 0.25) is 0 Å². The number of methoxy groups -OCH3 is 1. The minimum atomic E-state index is -0.766. The Hall–Kier alpha value is -1.61. The molecule has 6 heteroatoms. The van der Waals surface area contributed by atoms with Crippen molar-refractivity contribution in [1.82, 2.24) is 0 Å². The zero-order valence-corrected chi connectivity index (χ0v) is 9.15. The lowest BCUT2D eigenvalue weighted by Crippen LogP contribution is -2.35. The van der Waals surface area contributed by atoms with Gasteiger partial charge in [0.05, 0.1) is 12.0 Å². The average Bonchev–Trinajstić information content (AvgIpc) is 2.66. The van der Waals surface area contributed by atoms with Gasteiger partial charge >= 0.3 is 12.1 Å². The van der Waals surface area contributed by atoms with Gasteiger partial charge in [0.15, 0.2) is 12.2 Å². The maximum absolute atomic E-state index is 11.3. The molecule has 0 radical (unpaired) electrons. The predicted molar refractivity (Wildman–Crippen MR) is 55.5 cm³/mol. The van der Waals surface area contributed by atoms with Crippen molar-refractivity contribution in [2.75, 3.05) is 7.11 Å². The molecule has 0 aromatic carbocycles. The summed E-state index contributed by atoms with van der Waals surface area (Å²) in [5, 5.41) is -0.435. The molecule has 2 aliphatic rings. The van der Waals surface area contributed by atoms with E-state index in [1.807, 2.05) is 0 Å². The van der Waals surface area contributed by atoms with Gasteiger partial charge in [-0.2, -0.15) is 0 Å². The van der Waals surface area contributed by atoms with Gasteiger partial charge in [0.25, 0.3) is 0 Å². The van der Waals surface area contributed by atoms with Crippen molar-refractivity contribution in [2.24, 2.45) is 0 Å². The van der Waals surface area contributed by atoms with E-state index in [1.54, 1.807) is 0 Å². The van der Waals surface area contributed by atoms with Crippen LogP contribution in [0.5, 0.6) is 0 Å². The van der Waals surface area contributed by atoms with Crippen molar-refractivity contribution in [1.29, 1.82) is 0 Å². The third kappa shape index (κ3) is 1.74. The predicted octanol–water partition coefficient (Wildman–Crippen LogP) is 0.696. The van der Waals surface area contributed by atoms with Gasteiger partial charge in [-0.1, -0.05) is 17.7 Å². The molecule has 0 unspecified atom stereocenters. The van der Waals surface area contributed by atoms with E-state index in [9.17, 15) is 9.59 Å². The van der Waals surface area contributed by atoms with Gasteiger partial charge in [-0.15, -0.1) is 6.42 Å². The van der Waals surface area contributed by atoms with Crippen LogP contribution < -0.4 is 0 Å². The highest BCUT2D eigenvalue weighted by Crippen LogP contribution is 2.37. The average molecular weight is 240 g/mol. The summed E-state index contributed by atoms with van der Waals surface area (Å²) in [6, 6.07) is 0. The first-order chi connectivity index (χ1) is 7.65. The van der Waals surface area contributed by atoms with E-state index in [1.165, 1.54) is 13.2 Å². The maximum atomic E-state index is 11.3. The molecule has 16 heavy (non-hydrogen) atoms. The zero-order chi connectivity index (χ0) is 11.7. The Bertz CT molecular complexity index is 408. The van der Waals surface area contributed by atoms with Crippen molar-refractivity contribution >= 4 is 23.9 Å². The van der Waals surface area contributed by atoms with Crippen LogP contribution in [0.1, 0.15) is 0 Å². The number of thioether (sulfide) groups is 1. The van der Waals surface area contributed by atoms with E-state index in [2.05, 4.69) is 10.7 Å². The number of hydrogen-bond donors (Lipinski definition) is 0. The van der Waals surface area contributed by atoms with Crippen molar-refractivity contribution in [2.45, 2.75) is 17.5 Å². The van der Waals surface area contributed by atoms with E-state index in [0.717, 1.165) is 11.8 Å². The van der Waals surface area contributed by atoms with Crippen LogP contribution in [0.15, 0.2) is 11.0 Å². The molecular formula is C10H8O5S. The molecule has 0 aliphatic carbocycles. The number of esters is 1. The Kier molecular flexibility index (Phi) is 2.79. The van der Waals surface area contributed by atoms with Crippen LogP contribution in [0, 0.1) is 12.3 Å². The third-order valence-corrected chi connectivity index (χ3v) is 3.42. The Morgan fingerprint density at radius 2 is 2.38 bits per heavy atom. The molecule has 84 valence electrons. The molecule has 1 fully saturated rings. The van der Waals surface area contributed by atoms with Gasteiger partial charge in [0.2, 0.25) is 0 Å². The molecule has 0 N–H and O–H groups in total. The highest BCUT2D eigenvalue weighted by Gasteiger charge is 2.45. The first kappa shape index (κ1) is 10.9. The van der Waals surface area contributed by atoms with Crippen LogP contribution in [0.25, 0.3) is 0 Å². The number of hydrogen-bond acceptors (Lipinski definition) is 6. The van der Waals surface area contributed by atoms with Crippen LogP contribution in [0.4, 0.5) is 4.79 Å².